The van der Waals surface area contributed by atoms with Gasteiger partial charge in [0.2, 0.25) is 11.8 Å². The maximum atomic E-state index is 13.6. The lowest BCUT2D eigenvalue weighted by Gasteiger charge is -2.43. The lowest BCUT2D eigenvalue weighted by atomic mass is 9.77. The standard InChI is InChI=1S/C28H38N2O8/c1-16(33)6-5-9-23(34)30(18-7-3-4-8-18)21-14-20(28(36)29-10-11-31)24-19-12-17(15-32)13-22(37-2)26(19)38-27(24)25(21)35/h12-14,18,21,24-25,27,31-32,35H,3-11,15H2,1-2H3,(H,29,36). The highest BCUT2D eigenvalue weighted by Crippen LogP contribution is 2.51. The predicted octanol–water partition coefficient (Wildman–Crippen LogP) is 1.34. The van der Waals surface area contributed by atoms with E-state index < -0.39 is 30.1 Å². The number of benzene rings is 1. The summed E-state index contributed by atoms with van der Waals surface area (Å²) in [6, 6.07) is 2.49. The average Bonchev–Trinajstić information content (AvgIpc) is 3.56. The van der Waals surface area contributed by atoms with Crippen molar-refractivity contribution in [1.82, 2.24) is 10.2 Å². The molecule has 0 saturated heterocycles. The minimum atomic E-state index is -1.14. The Morgan fingerprint density at radius 1 is 1.16 bits per heavy atom. The Labute approximate surface area is 222 Å². The van der Waals surface area contributed by atoms with Crippen molar-refractivity contribution in [1.29, 1.82) is 0 Å². The third-order valence-electron chi connectivity index (χ3n) is 7.74. The predicted molar refractivity (Wildman–Crippen MR) is 138 cm³/mol. The molecule has 1 aromatic carbocycles. The Balaban J connectivity index is 1.76. The zero-order chi connectivity index (χ0) is 27.4. The van der Waals surface area contributed by atoms with E-state index in [-0.39, 0.29) is 43.9 Å². The van der Waals surface area contributed by atoms with E-state index in [2.05, 4.69) is 5.32 Å². The van der Waals surface area contributed by atoms with Crippen molar-refractivity contribution in [2.75, 3.05) is 20.3 Å². The van der Waals surface area contributed by atoms with Crippen molar-refractivity contribution in [2.45, 2.75) is 88.7 Å². The summed E-state index contributed by atoms with van der Waals surface area (Å²) in [4.78, 5) is 40.1. The number of aliphatic hydroxyl groups is 3. The van der Waals surface area contributed by atoms with Crippen LogP contribution in [0.1, 0.15) is 68.9 Å². The Bertz CT molecular complexity index is 1080. The fourth-order valence-electron chi connectivity index (χ4n) is 6.00. The minimum Gasteiger partial charge on any atom is -0.493 e. The van der Waals surface area contributed by atoms with E-state index in [1.807, 2.05) is 0 Å². The first-order valence-corrected chi connectivity index (χ1v) is 13.4. The molecule has 38 heavy (non-hydrogen) atoms. The lowest BCUT2D eigenvalue weighted by molar-refractivity contribution is -0.140. The summed E-state index contributed by atoms with van der Waals surface area (Å²) in [6.07, 6.45) is 4.07. The molecule has 208 valence electrons. The molecular formula is C28H38N2O8. The first-order valence-electron chi connectivity index (χ1n) is 13.4. The maximum Gasteiger partial charge on any atom is 0.247 e. The maximum absolute atomic E-state index is 13.6. The van der Waals surface area contributed by atoms with E-state index in [1.165, 1.54) is 14.0 Å². The molecule has 4 N–H and O–H groups in total. The summed E-state index contributed by atoms with van der Waals surface area (Å²) in [5.41, 5.74) is 1.51. The van der Waals surface area contributed by atoms with Gasteiger partial charge in [-0.1, -0.05) is 12.8 Å². The highest BCUT2D eigenvalue weighted by molar-refractivity contribution is 5.96. The molecule has 0 aromatic heterocycles. The van der Waals surface area contributed by atoms with Gasteiger partial charge in [0.05, 0.1) is 32.3 Å². The van der Waals surface area contributed by atoms with Crippen molar-refractivity contribution in [2.24, 2.45) is 0 Å². The number of aliphatic hydroxyl groups excluding tert-OH is 3. The van der Waals surface area contributed by atoms with Gasteiger partial charge < -0.3 is 39.8 Å². The first-order chi connectivity index (χ1) is 18.3. The zero-order valence-electron chi connectivity index (χ0n) is 22.0. The molecule has 0 bridgehead atoms. The van der Waals surface area contributed by atoms with Gasteiger partial charge in [-0.05, 0) is 50.0 Å². The number of hydrogen-bond acceptors (Lipinski definition) is 8. The van der Waals surface area contributed by atoms with Crippen molar-refractivity contribution < 1.29 is 39.2 Å². The second kappa shape index (κ2) is 12.3. The number of hydrogen-bond donors (Lipinski definition) is 4. The van der Waals surface area contributed by atoms with Gasteiger partial charge in [-0.2, -0.15) is 0 Å². The van der Waals surface area contributed by atoms with Crippen LogP contribution < -0.4 is 14.8 Å². The number of nitrogens with zero attached hydrogens (tertiary/aromatic N) is 1. The number of ether oxygens (including phenoxy) is 2. The van der Waals surface area contributed by atoms with E-state index in [0.717, 1.165) is 25.7 Å². The van der Waals surface area contributed by atoms with Gasteiger partial charge in [-0.25, -0.2) is 0 Å². The smallest absolute Gasteiger partial charge is 0.247 e. The molecule has 4 rings (SSSR count). The summed E-state index contributed by atoms with van der Waals surface area (Å²) in [5.74, 6) is -0.461. The first kappa shape index (κ1) is 28.1. The third kappa shape index (κ3) is 5.57. The quantitative estimate of drug-likeness (QED) is 0.335. The van der Waals surface area contributed by atoms with Crippen LogP contribution >= 0.6 is 0 Å². The Hall–Kier alpha value is -2.95. The van der Waals surface area contributed by atoms with E-state index >= 15 is 0 Å². The van der Waals surface area contributed by atoms with Gasteiger partial charge in [0.1, 0.15) is 18.0 Å². The van der Waals surface area contributed by atoms with Crippen LogP contribution in [0.5, 0.6) is 11.5 Å². The van der Waals surface area contributed by atoms with Crippen LogP contribution in [-0.4, -0.2) is 82.4 Å². The van der Waals surface area contributed by atoms with E-state index in [0.29, 0.717) is 41.0 Å². The Morgan fingerprint density at radius 3 is 2.53 bits per heavy atom. The number of Topliss-reactive ketones (excluding diaryl/α,β-unsaturated/α-hetero) is 1. The molecule has 1 saturated carbocycles. The van der Waals surface area contributed by atoms with Crippen LogP contribution in [0.3, 0.4) is 0 Å². The normalized spacial score (nSPS) is 24.2. The van der Waals surface area contributed by atoms with E-state index in [4.69, 9.17) is 9.47 Å². The number of ketones is 1. The zero-order valence-corrected chi connectivity index (χ0v) is 22.0. The molecule has 1 heterocycles. The molecule has 2 aliphatic carbocycles. The summed E-state index contributed by atoms with van der Waals surface area (Å²) in [6.45, 7) is 1.06. The third-order valence-corrected chi connectivity index (χ3v) is 7.74. The second-order valence-corrected chi connectivity index (χ2v) is 10.3. The van der Waals surface area contributed by atoms with Crippen LogP contribution in [0.4, 0.5) is 0 Å². The SMILES string of the molecule is COc1cc(CO)cc2c1OC1C2C(C(=O)NCCO)=CC(N(C(=O)CCCC(C)=O)C2CCCC2)C1O. The van der Waals surface area contributed by atoms with Gasteiger partial charge in [0.25, 0.3) is 0 Å². The molecule has 1 fully saturated rings. The Morgan fingerprint density at radius 2 is 1.89 bits per heavy atom. The van der Waals surface area contributed by atoms with Crippen LogP contribution in [0.2, 0.25) is 0 Å². The molecule has 4 atom stereocenters. The summed E-state index contributed by atoms with van der Waals surface area (Å²) < 4.78 is 11.8. The molecule has 1 aromatic rings. The number of rotatable bonds is 11. The lowest BCUT2D eigenvalue weighted by Crippen LogP contribution is -2.58. The number of carbonyl (C=O) groups excluding carboxylic acids is 3. The summed E-state index contributed by atoms with van der Waals surface area (Å²) >= 11 is 0. The monoisotopic (exact) mass is 530 g/mol. The van der Waals surface area contributed by atoms with Gasteiger partial charge >= 0.3 is 0 Å². The fourth-order valence-corrected chi connectivity index (χ4v) is 6.00. The number of fused-ring (bicyclic) bond motifs is 3. The summed E-state index contributed by atoms with van der Waals surface area (Å²) in [7, 11) is 1.48. The summed E-state index contributed by atoms with van der Waals surface area (Å²) in [5, 5.41) is 33.5. The number of carbonyl (C=O) groups is 3. The second-order valence-electron chi connectivity index (χ2n) is 10.3. The highest BCUT2D eigenvalue weighted by atomic mass is 16.5. The van der Waals surface area contributed by atoms with Gasteiger partial charge in [-0.15, -0.1) is 0 Å². The van der Waals surface area contributed by atoms with Crippen LogP contribution in [0.15, 0.2) is 23.8 Å². The van der Waals surface area contributed by atoms with Crippen molar-refractivity contribution in [3.8, 4) is 11.5 Å². The average molecular weight is 531 g/mol. The van der Waals surface area contributed by atoms with E-state index in [9.17, 15) is 29.7 Å². The van der Waals surface area contributed by atoms with Crippen LogP contribution in [0.25, 0.3) is 0 Å². The Kier molecular flexibility index (Phi) is 9.07. The van der Waals surface area contributed by atoms with Gasteiger partial charge in [0.15, 0.2) is 11.5 Å². The van der Waals surface area contributed by atoms with Gasteiger partial charge in [-0.3, -0.25) is 9.59 Å². The number of nitrogens with one attached hydrogen (secondary N) is 1. The molecule has 10 nitrogen and oxygen atoms in total. The van der Waals surface area contributed by atoms with Crippen LogP contribution in [-0.2, 0) is 21.0 Å². The molecule has 4 unspecified atom stereocenters. The number of methoxy groups -OCH3 is 1. The van der Waals surface area contributed by atoms with Crippen molar-refractivity contribution in [3.05, 3.63) is 34.9 Å². The largest absolute Gasteiger partial charge is 0.493 e. The van der Waals surface area contributed by atoms with Gasteiger partial charge in [0, 0.05) is 36.6 Å². The van der Waals surface area contributed by atoms with Crippen molar-refractivity contribution >= 4 is 17.6 Å². The minimum absolute atomic E-state index is 0.0156. The number of amides is 2. The van der Waals surface area contributed by atoms with Crippen molar-refractivity contribution in [3.63, 3.8) is 0 Å². The molecule has 1 aliphatic heterocycles. The highest BCUT2D eigenvalue weighted by Gasteiger charge is 2.52. The van der Waals surface area contributed by atoms with E-state index in [1.54, 1.807) is 23.1 Å². The molecule has 10 heteroatoms. The fraction of sp³-hybridized carbons (Fsp3) is 0.607. The topological polar surface area (TPSA) is 146 Å². The molecule has 2 amide bonds. The molecule has 3 aliphatic rings. The molecule has 0 radical (unpaired) electrons. The van der Waals surface area contributed by atoms with Crippen LogP contribution in [0, 0.1) is 0 Å². The molecule has 0 spiro atoms. The molecular weight excluding hydrogens is 492 g/mol.